The third-order valence-corrected chi connectivity index (χ3v) is 2.08. The van der Waals surface area contributed by atoms with Crippen LogP contribution in [0.25, 0.3) is 0 Å². The number of H-pyrrole nitrogens is 2. The number of rotatable bonds is 5. The highest BCUT2D eigenvalue weighted by molar-refractivity contribution is 5.88. The lowest BCUT2D eigenvalue weighted by Gasteiger charge is -2.10. The number of carbonyl (C=O) groups is 1. The first-order valence-corrected chi connectivity index (χ1v) is 5.59. The van der Waals surface area contributed by atoms with E-state index >= 15 is 0 Å². The van der Waals surface area contributed by atoms with Gasteiger partial charge < -0.3 is 14.5 Å². The Morgan fingerprint density at radius 1 is 1.28 bits per heavy atom. The monoisotopic (exact) mass is 256 g/mol. The van der Waals surface area contributed by atoms with E-state index in [1.165, 1.54) is 0 Å². The molecule has 1 aromatic rings. The Morgan fingerprint density at radius 3 is 2.50 bits per heavy atom. The van der Waals surface area contributed by atoms with Gasteiger partial charge in [-0.1, -0.05) is 0 Å². The van der Waals surface area contributed by atoms with Crippen LogP contribution in [0.4, 0.5) is 0 Å². The van der Waals surface area contributed by atoms with Crippen molar-refractivity contribution in [2.24, 2.45) is 0 Å². The molecule has 0 aliphatic heterocycles. The van der Waals surface area contributed by atoms with Crippen LogP contribution in [-0.2, 0) is 16.1 Å². The highest BCUT2D eigenvalue weighted by atomic mass is 16.5. The summed E-state index contributed by atoms with van der Waals surface area (Å²) in [6.07, 6.45) is -0.105. The molecule has 0 saturated carbocycles. The van der Waals surface area contributed by atoms with Crippen LogP contribution in [0.15, 0.2) is 9.59 Å². The molecule has 0 amide bonds. The van der Waals surface area contributed by atoms with Crippen LogP contribution >= 0.6 is 0 Å². The molecule has 0 radical (unpaired) electrons. The van der Waals surface area contributed by atoms with Gasteiger partial charge in [0.1, 0.15) is 5.69 Å². The minimum absolute atomic E-state index is 0.0572. The Balaban J connectivity index is 3.17. The van der Waals surface area contributed by atoms with Gasteiger partial charge in [-0.25, -0.2) is 9.59 Å². The van der Waals surface area contributed by atoms with Crippen molar-refractivity contribution in [3.05, 3.63) is 32.1 Å². The molecule has 1 aromatic heterocycles. The zero-order valence-electron chi connectivity index (χ0n) is 10.5. The molecule has 0 saturated heterocycles. The topological polar surface area (TPSA) is 101 Å². The van der Waals surface area contributed by atoms with Crippen LogP contribution < -0.4 is 11.2 Å². The highest BCUT2D eigenvalue weighted by Crippen LogP contribution is 2.04. The highest BCUT2D eigenvalue weighted by Gasteiger charge is 2.18. The Kier molecular flexibility index (Phi) is 4.85. The summed E-state index contributed by atoms with van der Waals surface area (Å²) in [4.78, 5) is 38.7. The standard InChI is InChI=1S/C11H16N2O5/c1-4-17-10(15)8-7(5-18-6(2)3)9(14)13-11(16)12-8/h6H,4-5H2,1-3H3,(H2,12,13,14,16). The number of ether oxygens (including phenoxy) is 2. The van der Waals surface area contributed by atoms with Crippen LogP contribution in [-0.4, -0.2) is 28.6 Å². The van der Waals surface area contributed by atoms with Crippen molar-refractivity contribution in [3.8, 4) is 0 Å². The second-order valence-corrected chi connectivity index (χ2v) is 3.84. The quantitative estimate of drug-likeness (QED) is 0.731. The van der Waals surface area contributed by atoms with Crippen LogP contribution in [0.2, 0.25) is 0 Å². The first kappa shape index (κ1) is 14.2. The van der Waals surface area contributed by atoms with Crippen molar-refractivity contribution in [1.82, 2.24) is 9.97 Å². The van der Waals surface area contributed by atoms with Gasteiger partial charge in [-0.15, -0.1) is 0 Å². The molecule has 0 atom stereocenters. The van der Waals surface area contributed by atoms with Crippen molar-refractivity contribution < 1.29 is 14.3 Å². The summed E-state index contributed by atoms with van der Waals surface area (Å²) in [6.45, 7) is 5.30. The number of aromatic nitrogens is 2. The second-order valence-electron chi connectivity index (χ2n) is 3.84. The number of hydrogen-bond acceptors (Lipinski definition) is 5. The van der Waals surface area contributed by atoms with Crippen molar-refractivity contribution in [1.29, 1.82) is 0 Å². The van der Waals surface area contributed by atoms with E-state index < -0.39 is 17.2 Å². The molecule has 0 fully saturated rings. The fourth-order valence-electron chi connectivity index (χ4n) is 1.28. The molecule has 0 aliphatic rings. The summed E-state index contributed by atoms with van der Waals surface area (Å²) in [5.74, 6) is -0.747. The van der Waals surface area contributed by atoms with E-state index in [1.807, 2.05) is 4.98 Å². The predicted molar refractivity (Wildman–Crippen MR) is 63.6 cm³/mol. The average Bonchev–Trinajstić information content (AvgIpc) is 2.26. The number of carbonyl (C=O) groups excluding carboxylic acids is 1. The normalized spacial score (nSPS) is 10.7. The van der Waals surface area contributed by atoms with Gasteiger partial charge in [0.2, 0.25) is 0 Å². The lowest BCUT2D eigenvalue weighted by molar-refractivity contribution is 0.0483. The van der Waals surface area contributed by atoms with E-state index in [9.17, 15) is 14.4 Å². The summed E-state index contributed by atoms with van der Waals surface area (Å²) in [7, 11) is 0. The Hall–Kier alpha value is -1.89. The molecule has 0 aliphatic carbocycles. The predicted octanol–water partition coefficient (Wildman–Crippen LogP) is 0.165. The van der Waals surface area contributed by atoms with Gasteiger partial charge in [0, 0.05) is 0 Å². The van der Waals surface area contributed by atoms with E-state index in [2.05, 4.69) is 4.98 Å². The van der Waals surface area contributed by atoms with Crippen molar-refractivity contribution >= 4 is 5.97 Å². The molecule has 1 rings (SSSR count). The van der Waals surface area contributed by atoms with E-state index in [0.717, 1.165) is 0 Å². The molecule has 100 valence electrons. The maximum absolute atomic E-state index is 11.6. The van der Waals surface area contributed by atoms with E-state index in [1.54, 1.807) is 20.8 Å². The molecule has 2 N–H and O–H groups in total. The molecule has 0 spiro atoms. The second kappa shape index (κ2) is 6.15. The summed E-state index contributed by atoms with van der Waals surface area (Å²) < 4.78 is 10.0. The van der Waals surface area contributed by atoms with Gasteiger partial charge in [-0.05, 0) is 20.8 Å². The first-order chi connectivity index (χ1) is 8.45. The summed E-state index contributed by atoms with van der Waals surface area (Å²) in [5.41, 5.74) is -1.51. The van der Waals surface area contributed by atoms with Crippen LogP contribution in [0, 0.1) is 0 Å². The van der Waals surface area contributed by atoms with Gasteiger partial charge in [-0.3, -0.25) is 9.78 Å². The minimum atomic E-state index is -0.753. The van der Waals surface area contributed by atoms with Crippen LogP contribution in [0.3, 0.4) is 0 Å². The number of nitrogens with one attached hydrogen (secondary N) is 2. The fraction of sp³-hybridized carbons (Fsp3) is 0.545. The van der Waals surface area contributed by atoms with E-state index in [0.29, 0.717) is 0 Å². The first-order valence-electron chi connectivity index (χ1n) is 5.59. The molecule has 0 unspecified atom stereocenters. The van der Waals surface area contributed by atoms with Gasteiger partial charge >= 0.3 is 11.7 Å². The number of esters is 1. The third kappa shape index (κ3) is 3.56. The molecule has 0 bridgehead atoms. The van der Waals surface area contributed by atoms with Crippen LogP contribution in [0.5, 0.6) is 0 Å². The number of aromatic amines is 2. The van der Waals surface area contributed by atoms with Gasteiger partial charge in [0.15, 0.2) is 0 Å². The van der Waals surface area contributed by atoms with Crippen molar-refractivity contribution in [2.75, 3.05) is 6.61 Å². The van der Waals surface area contributed by atoms with E-state index in [4.69, 9.17) is 9.47 Å². The average molecular weight is 256 g/mol. The summed E-state index contributed by atoms with van der Waals surface area (Å²) >= 11 is 0. The Morgan fingerprint density at radius 2 is 1.94 bits per heavy atom. The Labute approximate surface area is 103 Å². The zero-order chi connectivity index (χ0) is 13.7. The van der Waals surface area contributed by atoms with Crippen molar-refractivity contribution in [2.45, 2.75) is 33.5 Å². The molecule has 1 heterocycles. The van der Waals surface area contributed by atoms with E-state index in [-0.39, 0.29) is 30.6 Å². The lowest BCUT2D eigenvalue weighted by atomic mass is 10.2. The minimum Gasteiger partial charge on any atom is -0.461 e. The maximum Gasteiger partial charge on any atom is 0.355 e. The lowest BCUT2D eigenvalue weighted by Crippen LogP contribution is -2.31. The third-order valence-electron chi connectivity index (χ3n) is 2.08. The SMILES string of the molecule is CCOC(=O)c1[nH]c(=O)[nH]c(=O)c1COC(C)C. The number of hydrogen-bond donors (Lipinski definition) is 2. The molecule has 0 aromatic carbocycles. The van der Waals surface area contributed by atoms with Gasteiger partial charge in [0.05, 0.1) is 24.9 Å². The smallest absolute Gasteiger partial charge is 0.355 e. The zero-order valence-corrected chi connectivity index (χ0v) is 10.5. The maximum atomic E-state index is 11.6. The molecular weight excluding hydrogens is 240 g/mol. The largest absolute Gasteiger partial charge is 0.461 e. The summed E-state index contributed by atoms with van der Waals surface area (Å²) in [5, 5.41) is 0. The van der Waals surface area contributed by atoms with Crippen molar-refractivity contribution in [3.63, 3.8) is 0 Å². The molecular formula is C11H16N2O5. The summed E-state index contributed by atoms with van der Waals surface area (Å²) in [6, 6.07) is 0. The molecule has 7 heteroatoms. The molecule has 7 nitrogen and oxygen atoms in total. The fourth-order valence-corrected chi connectivity index (χ4v) is 1.28. The van der Waals surface area contributed by atoms with Gasteiger partial charge in [-0.2, -0.15) is 0 Å². The molecule has 18 heavy (non-hydrogen) atoms. The Bertz CT molecular complexity index is 529. The van der Waals surface area contributed by atoms with Gasteiger partial charge in [0.25, 0.3) is 5.56 Å². The van der Waals surface area contributed by atoms with Crippen LogP contribution in [0.1, 0.15) is 36.8 Å².